The minimum Gasteiger partial charge on any atom is -0.489 e. The molecule has 3 amide bonds. The summed E-state index contributed by atoms with van der Waals surface area (Å²) in [5.41, 5.74) is 6.75. The van der Waals surface area contributed by atoms with Crippen molar-refractivity contribution in [2.45, 2.75) is 31.9 Å². The number of unbranched alkanes of at least 4 members (excludes halogenated alkanes) is 1. The first-order chi connectivity index (χ1) is 15.0. The monoisotopic (exact) mass is 428 g/mol. The minimum atomic E-state index is -1.12. The number of carboxylic acid groups (broad SMARTS) is 1. The molecule has 2 aromatic carbocycles. The van der Waals surface area contributed by atoms with Gasteiger partial charge in [-0.25, -0.2) is 9.59 Å². The Morgan fingerprint density at radius 2 is 1.71 bits per heavy atom. The third-order valence-corrected chi connectivity index (χ3v) is 4.39. The van der Waals surface area contributed by atoms with Crippen LogP contribution in [0.1, 0.15) is 24.8 Å². The zero-order valence-corrected chi connectivity index (χ0v) is 17.2. The fourth-order valence-corrected chi connectivity index (χ4v) is 2.73. The molecule has 9 heteroatoms. The summed E-state index contributed by atoms with van der Waals surface area (Å²) in [6, 6.07) is 14.9. The van der Waals surface area contributed by atoms with Crippen LogP contribution in [-0.2, 0) is 16.2 Å². The van der Waals surface area contributed by atoms with Gasteiger partial charge in [0.05, 0.1) is 6.54 Å². The molecule has 0 heterocycles. The standard InChI is InChI=1S/C22H28N4O5/c23-14-20(27)24-13-5-4-8-19(21(28)29)26-22(30)25-17-9-11-18(12-10-17)31-15-16-6-2-1-3-7-16/h1-3,6-7,9-12,19H,4-5,8,13-15,23H2,(H,24,27)(H,28,29)(H2,25,26,30). The number of nitrogens with two attached hydrogens (primary N) is 1. The molecule has 0 saturated carbocycles. The number of rotatable bonds is 12. The van der Waals surface area contributed by atoms with Crippen LogP contribution in [0.2, 0.25) is 0 Å². The van der Waals surface area contributed by atoms with E-state index in [0.29, 0.717) is 37.4 Å². The van der Waals surface area contributed by atoms with E-state index in [1.54, 1.807) is 24.3 Å². The van der Waals surface area contributed by atoms with Gasteiger partial charge >= 0.3 is 12.0 Å². The summed E-state index contributed by atoms with van der Waals surface area (Å²) < 4.78 is 5.69. The number of aliphatic carboxylic acids is 1. The molecule has 0 aromatic heterocycles. The Hall–Kier alpha value is -3.59. The number of ether oxygens (including phenoxy) is 1. The summed E-state index contributed by atoms with van der Waals surface area (Å²) in [6.07, 6.45) is 1.35. The van der Waals surface area contributed by atoms with Crippen LogP contribution in [0.5, 0.6) is 5.75 Å². The minimum absolute atomic E-state index is 0.0837. The molecule has 166 valence electrons. The summed E-state index contributed by atoms with van der Waals surface area (Å²) in [7, 11) is 0. The zero-order chi connectivity index (χ0) is 22.5. The molecular weight excluding hydrogens is 400 g/mol. The van der Waals surface area contributed by atoms with Crippen molar-refractivity contribution < 1.29 is 24.2 Å². The Morgan fingerprint density at radius 1 is 1.00 bits per heavy atom. The lowest BCUT2D eigenvalue weighted by Crippen LogP contribution is -2.43. The fraction of sp³-hybridized carbons (Fsp3) is 0.318. The lowest BCUT2D eigenvalue weighted by Gasteiger charge is -2.15. The predicted octanol–water partition coefficient (Wildman–Crippen LogP) is 2.09. The molecule has 0 aliphatic heterocycles. The number of urea groups is 1. The van der Waals surface area contributed by atoms with E-state index in [9.17, 15) is 19.5 Å². The van der Waals surface area contributed by atoms with E-state index in [1.807, 2.05) is 30.3 Å². The first-order valence-corrected chi connectivity index (χ1v) is 10.0. The average Bonchev–Trinajstić information content (AvgIpc) is 2.78. The van der Waals surface area contributed by atoms with E-state index >= 15 is 0 Å². The van der Waals surface area contributed by atoms with Crippen LogP contribution in [0.15, 0.2) is 54.6 Å². The number of carboxylic acids is 1. The second-order valence-corrected chi connectivity index (χ2v) is 6.84. The van der Waals surface area contributed by atoms with Gasteiger partial charge in [0.15, 0.2) is 0 Å². The first-order valence-electron chi connectivity index (χ1n) is 10.0. The van der Waals surface area contributed by atoms with E-state index < -0.39 is 18.0 Å². The molecule has 6 N–H and O–H groups in total. The van der Waals surface area contributed by atoms with Crippen LogP contribution >= 0.6 is 0 Å². The molecule has 2 aromatic rings. The summed E-state index contributed by atoms with van der Waals surface area (Å²) in [5, 5.41) is 17.0. The number of amides is 3. The van der Waals surface area contributed by atoms with Gasteiger partial charge in [0.25, 0.3) is 0 Å². The Bertz CT molecular complexity index is 843. The van der Waals surface area contributed by atoms with Crippen molar-refractivity contribution in [2.75, 3.05) is 18.4 Å². The maximum Gasteiger partial charge on any atom is 0.326 e. The van der Waals surface area contributed by atoms with Gasteiger partial charge in [-0.15, -0.1) is 0 Å². The van der Waals surface area contributed by atoms with E-state index in [1.165, 1.54) is 0 Å². The maximum absolute atomic E-state index is 12.2. The number of hydrogen-bond donors (Lipinski definition) is 5. The van der Waals surface area contributed by atoms with Gasteiger partial charge in [-0.05, 0) is 49.1 Å². The van der Waals surface area contributed by atoms with Gasteiger partial charge < -0.3 is 31.5 Å². The van der Waals surface area contributed by atoms with Crippen LogP contribution in [0, 0.1) is 0 Å². The third-order valence-electron chi connectivity index (χ3n) is 4.39. The van der Waals surface area contributed by atoms with Crippen LogP contribution in [0.4, 0.5) is 10.5 Å². The van der Waals surface area contributed by atoms with E-state index in [-0.39, 0.29) is 18.9 Å². The van der Waals surface area contributed by atoms with E-state index in [0.717, 1.165) is 5.56 Å². The van der Waals surface area contributed by atoms with Crippen molar-refractivity contribution in [1.82, 2.24) is 10.6 Å². The van der Waals surface area contributed by atoms with Crippen molar-refractivity contribution in [3.05, 3.63) is 60.2 Å². The summed E-state index contributed by atoms with van der Waals surface area (Å²) in [6.45, 7) is 0.761. The van der Waals surface area contributed by atoms with Gasteiger partial charge in [0.1, 0.15) is 18.4 Å². The highest BCUT2D eigenvalue weighted by Crippen LogP contribution is 2.17. The molecule has 0 radical (unpaired) electrons. The lowest BCUT2D eigenvalue weighted by atomic mass is 10.1. The molecule has 0 saturated heterocycles. The fourth-order valence-electron chi connectivity index (χ4n) is 2.73. The summed E-state index contributed by atoms with van der Waals surface area (Å²) >= 11 is 0. The zero-order valence-electron chi connectivity index (χ0n) is 17.2. The number of anilines is 1. The average molecular weight is 428 g/mol. The smallest absolute Gasteiger partial charge is 0.326 e. The van der Waals surface area contributed by atoms with Gasteiger partial charge in [0, 0.05) is 12.2 Å². The quantitative estimate of drug-likeness (QED) is 0.328. The normalized spacial score (nSPS) is 11.3. The third kappa shape index (κ3) is 9.18. The highest BCUT2D eigenvalue weighted by molar-refractivity contribution is 5.92. The molecule has 1 unspecified atom stereocenters. The van der Waals surface area contributed by atoms with E-state index in [2.05, 4.69) is 16.0 Å². The maximum atomic E-state index is 12.2. The van der Waals surface area contributed by atoms with Gasteiger partial charge in [-0.1, -0.05) is 30.3 Å². The molecule has 0 bridgehead atoms. The molecule has 1 atom stereocenters. The largest absolute Gasteiger partial charge is 0.489 e. The molecule has 9 nitrogen and oxygen atoms in total. The van der Waals surface area contributed by atoms with Crippen LogP contribution in [-0.4, -0.2) is 42.1 Å². The van der Waals surface area contributed by atoms with Crippen molar-refractivity contribution in [3.8, 4) is 5.75 Å². The second kappa shape index (κ2) is 12.9. The van der Waals surface area contributed by atoms with E-state index in [4.69, 9.17) is 10.5 Å². The van der Waals surface area contributed by atoms with Crippen molar-refractivity contribution in [1.29, 1.82) is 0 Å². The summed E-state index contributed by atoms with van der Waals surface area (Å²) in [5.74, 6) is -0.727. The number of carbonyl (C=O) groups excluding carboxylic acids is 2. The Morgan fingerprint density at radius 3 is 2.35 bits per heavy atom. The van der Waals surface area contributed by atoms with Crippen molar-refractivity contribution >= 4 is 23.6 Å². The Kier molecular flexibility index (Phi) is 9.83. The van der Waals surface area contributed by atoms with Crippen molar-refractivity contribution in [3.63, 3.8) is 0 Å². The SMILES string of the molecule is NCC(=O)NCCCCC(NC(=O)Nc1ccc(OCc2ccccc2)cc1)C(=O)O. The highest BCUT2D eigenvalue weighted by atomic mass is 16.5. The molecule has 0 spiro atoms. The number of benzene rings is 2. The Balaban J connectivity index is 1.74. The number of nitrogens with one attached hydrogen (secondary N) is 3. The highest BCUT2D eigenvalue weighted by Gasteiger charge is 2.19. The molecule has 2 rings (SSSR count). The van der Waals surface area contributed by atoms with Gasteiger partial charge in [-0.3, -0.25) is 4.79 Å². The topological polar surface area (TPSA) is 143 Å². The lowest BCUT2D eigenvalue weighted by molar-refractivity contribution is -0.139. The van der Waals surface area contributed by atoms with Gasteiger partial charge in [0.2, 0.25) is 5.91 Å². The molecule has 0 fully saturated rings. The van der Waals surface area contributed by atoms with Crippen LogP contribution in [0.25, 0.3) is 0 Å². The second-order valence-electron chi connectivity index (χ2n) is 6.84. The molecule has 0 aliphatic rings. The van der Waals surface area contributed by atoms with Crippen LogP contribution in [0.3, 0.4) is 0 Å². The number of hydrogen-bond acceptors (Lipinski definition) is 5. The molecule has 31 heavy (non-hydrogen) atoms. The molecule has 0 aliphatic carbocycles. The summed E-state index contributed by atoms with van der Waals surface area (Å²) in [4.78, 5) is 34.6. The number of carbonyl (C=O) groups is 3. The van der Waals surface area contributed by atoms with Crippen molar-refractivity contribution in [2.24, 2.45) is 5.73 Å². The predicted molar refractivity (Wildman–Crippen MR) is 117 cm³/mol. The van der Waals surface area contributed by atoms with Crippen LogP contribution < -0.4 is 26.4 Å². The molecular formula is C22H28N4O5. The van der Waals surface area contributed by atoms with Gasteiger partial charge in [-0.2, -0.15) is 0 Å². The Labute approximate surface area is 181 Å². The first kappa shape index (κ1) is 23.7.